The van der Waals surface area contributed by atoms with Gasteiger partial charge in [0.2, 0.25) is 0 Å². The van der Waals surface area contributed by atoms with Crippen LogP contribution in [0, 0.1) is 0 Å². The van der Waals surface area contributed by atoms with E-state index in [0.717, 1.165) is 22.3 Å². The summed E-state index contributed by atoms with van der Waals surface area (Å²) in [6.07, 6.45) is 2.24. The van der Waals surface area contributed by atoms with Gasteiger partial charge in [-0.3, -0.25) is 14.6 Å². The van der Waals surface area contributed by atoms with Crippen LogP contribution >= 0.6 is 34.8 Å². The third-order valence-corrected chi connectivity index (χ3v) is 7.23. The van der Waals surface area contributed by atoms with Crippen molar-refractivity contribution in [2.75, 3.05) is 0 Å². The first-order valence-corrected chi connectivity index (χ1v) is 13.8. The predicted molar refractivity (Wildman–Crippen MR) is 158 cm³/mol. The lowest BCUT2D eigenvalue weighted by Crippen LogP contribution is -2.32. The molecular weight excluding hydrogens is 567 g/mol. The van der Waals surface area contributed by atoms with Crippen molar-refractivity contribution >= 4 is 46.7 Å². The highest BCUT2D eigenvalue weighted by molar-refractivity contribution is 6.31. The van der Waals surface area contributed by atoms with E-state index in [0.29, 0.717) is 39.5 Å². The number of hydrogen-bond acceptors (Lipinski definition) is 3. The third-order valence-electron chi connectivity index (χ3n) is 6.47. The number of nitrogens with zero attached hydrogens (tertiary/aromatic N) is 2. The molecule has 0 radical (unpaired) electrons. The number of hydrogen-bond donors (Lipinski definition) is 0. The molecule has 1 fully saturated rings. The summed E-state index contributed by atoms with van der Waals surface area (Å²) in [6.45, 7) is 0.801. The molecule has 0 aliphatic carbocycles. The number of halogens is 3. The number of benzene rings is 4. The Hall–Kier alpha value is -3.77. The predicted octanol–water partition coefficient (Wildman–Crippen LogP) is 8.32. The molecule has 1 heterocycles. The van der Waals surface area contributed by atoms with E-state index >= 15 is 0 Å². The lowest BCUT2D eigenvalue weighted by Gasteiger charge is -2.17. The zero-order valence-electron chi connectivity index (χ0n) is 21.4. The molecule has 1 aliphatic heterocycles. The fourth-order valence-electron chi connectivity index (χ4n) is 4.35. The quantitative estimate of drug-likeness (QED) is 0.145. The van der Waals surface area contributed by atoms with Gasteiger partial charge in [0, 0.05) is 15.1 Å². The standard InChI is InChI=1S/C32H25Cl3N2O3/c33-26-11-4-23(5-12-26)19-36-30(31(38)37(32(36)39)20-24-6-13-27(34)14-7-24)17-10-22-2-1-3-29(18-22)40-21-25-8-15-28(35)16-9-25/h1-9,11-18H,10,19-21H2. The van der Waals surface area contributed by atoms with Gasteiger partial charge < -0.3 is 4.74 Å². The zero-order valence-corrected chi connectivity index (χ0v) is 23.7. The number of ether oxygens (including phenoxy) is 1. The number of urea groups is 1. The zero-order chi connectivity index (χ0) is 28.1. The summed E-state index contributed by atoms with van der Waals surface area (Å²) in [6, 6.07) is 29.1. The molecular formula is C32H25Cl3N2O3. The highest BCUT2D eigenvalue weighted by Crippen LogP contribution is 2.27. The second kappa shape index (κ2) is 12.6. The van der Waals surface area contributed by atoms with Gasteiger partial charge in [-0.1, -0.05) is 89.4 Å². The van der Waals surface area contributed by atoms with E-state index in [2.05, 4.69) is 0 Å². The molecule has 0 bridgehead atoms. The molecule has 4 aromatic rings. The molecule has 5 rings (SSSR count). The highest BCUT2D eigenvalue weighted by Gasteiger charge is 2.40. The average molecular weight is 592 g/mol. The number of carbonyl (C=O) groups is 2. The van der Waals surface area contributed by atoms with E-state index in [1.807, 2.05) is 72.8 Å². The van der Waals surface area contributed by atoms with E-state index in [1.54, 1.807) is 30.3 Å². The van der Waals surface area contributed by atoms with Crippen molar-refractivity contribution < 1.29 is 14.3 Å². The fraction of sp³-hybridized carbons (Fsp3) is 0.125. The van der Waals surface area contributed by atoms with Gasteiger partial charge in [0.05, 0.1) is 13.1 Å². The van der Waals surface area contributed by atoms with Crippen molar-refractivity contribution in [3.8, 4) is 5.75 Å². The Bertz CT molecular complexity index is 1540. The molecule has 0 aromatic heterocycles. The average Bonchev–Trinajstić information content (AvgIpc) is 3.17. The van der Waals surface area contributed by atoms with Gasteiger partial charge in [0.15, 0.2) is 0 Å². The molecule has 3 amide bonds. The molecule has 8 heteroatoms. The fourth-order valence-corrected chi connectivity index (χ4v) is 4.73. The summed E-state index contributed by atoms with van der Waals surface area (Å²) in [5, 5.41) is 1.87. The normalized spacial score (nSPS) is 14.3. The van der Waals surface area contributed by atoms with Crippen LogP contribution in [0.3, 0.4) is 0 Å². The summed E-state index contributed by atoms with van der Waals surface area (Å²) in [5.41, 5.74) is 3.96. The molecule has 1 saturated heterocycles. The van der Waals surface area contributed by atoms with Crippen molar-refractivity contribution in [3.05, 3.63) is 146 Å². The number of amides is 3. The van der Waals surface area contributed by atoms with Crippen LogP contribution < -0.4 is 4.74 Å². The highest BCUT2D eigenvalue weighted by atomic mass is 35.5. The van der Waals surface area contributed by atoms with Gasteiger partial charge in [-0.15, -0.1) is 0 Å². The van der Waals surface area contributed by atoms with Crippen LogP contribution in [0.15, 0.2) is 109 Å². The number of carbonyl (C=O) groups excluding carboxylic acids is 2. The van der Waals surface area contributed by atoms with Gasteiger partial charge >= 0.3 is 6.03 Å². The number of rotatable bonds is 9. The first-order chi connectivity index (χ1) is 19.4. The second-order valence-corrected chi connectivity index (χ2v) is 10.7. The maximum atomic E-state index is 13.5. The minimum atomic E-state index is -0.374. The minimum Gasteiger partial charge on any atom is -0.489 e. The molecule has 4 aromatic carbocycles. The summed E-state index contributed by atoms with van der Waals surface area (Å²) in [5.74, 6) is 0.367. The topological polar surface area (TPSA) is 49.9 Å². The molecule has 40 heavy (non-hydrogen) atoms. The smallest absolute Gasteiger partial charge is 0.332 e. The largest absolute Gasteiger partial charge is 0.489 e. The van der Waals surface area contributed by atoms with Crippen LogP contribution in [0.2, 0.25) is 15.1 Å². The van der Waals surface area contributed by atoms with E-state index in [1.165, 1.54) is 9.80 Å². The third kappa shape index (κ3) is 6.86. The maximum Gasteiger partial charge on any atom is 0.332 e. The molecule has 0 N–H and O–H groups in total. The Kier molecular flexibility index (Phi) is 8.75. The Labute approximate surface area is 248 Å². The van der Waals surface area contributed by atoms with Crippen LogP contribution in [0.25, 0.3) is 0 Å². The molecule has 0 saturated carbocycles. The first kappa shape index (κ1) is 27.8. The maximum absolute atomic E-state index is 13.5. The van der Waals surface area contributed by atoms with Crippen molar-refractivity contribution in [1.82, 2.24) is 9.80 Å². The summed E-state index contributed by atoms with van der Waals surface area (Å²) >= 11 is 18.0. The van der Waals surface area contributed by atoms with Gasteiger partial charge in [0.25, 0.3) is 5.91 Å². The van der Waals surface area contributed by atoms with Crippen LogP contribution in [0.4, 0.5) is 4.79 Å². The number of imide groups is 1. The SMILES string of the molecule is O=C1C(=CCc2cccc(OCc3ccc(Cl)cc3)c2)N(Cc2ccc(Cl)cc2)C(=O)N1Cc1ccc(Cl)cc1. The summed E-state index contributed by atoms with van der Waals surface area (Å²) in [4.78, 5) is 29.8. The van der Waals surface area contributed by atoms with Crippen molar-refractivity contribution in [3.63, 3.8) is 0 Å². The molecule has 5 nitrogen and oxygen atoms in total. The van der Waals surface area contributed by atoms with Gasteiger partial charge in [-0.05, 0) is 77.2 Å². The molecule has 0 unspecified atom stereocenters. The molecule has 202 valence electrons. The van der Waals surface area contributed by atoms with Gasteiger partial charge in [-0.25, -0.2) is 4.79 Å². The van der Waals surface area contributed by atoms with Crippen LogP contribution in [0.5, 0.6) is 5.75 Å². The van der Waals surface area contributed by atoms with Crippen molar-refractivity contribution in [2.24, 2.45) is 0 Å². The Morgan fingerprint density at radius 1 is 0.625 bits per heavy atom. The lowest BCUT2D eigenvalue weighted by atomic mass is 10.1. The summed E-state index contributed by atoms with van der Waals surface area (Å²) < 4.78 is 5.96. The van der Waals surface area contributed by atoms with Crippen LogP contribution in [-0.4, -0.2) is 21.7 Å². The minimum absolute atomic E-state index is 0.150. The van der Waals surface area contributed by atoms with E-state index in [9.17, 15) is 9.59 Å². The van der Waals surface area contributed by atoms with E-state index in [4.69, 9.17) is 39.5 Å². The molecule has 1 aliphatic rings. The molecule has 0 atom stereocenters. The van der Waals surface area contributed by atoms with Gasteiger partial charge in [0.1, 0.15) is 18.1 Å². The monoisotopic (exact) mass is 590 g/mol. The van der Waals surface area contributed by atoms with Crippen LogP contribution in [-0.2, 0) is 30.9 Å². The van der Waals surface area contributed by atoms with Crippen molar-refractivity contribution in [2.45, 2.75) is 26.1 Å². The van der Waals surface area contributed by atoms with E-state index < -0.39 is 0 Å². The van der Waals surface area contributed by atoms with Gasteiger partial charge in [-0.2, -0.15) is 0 Å². The Balaban J connectivity index is 1.35. The summed E-state index contributed by atoms with van der Waals surface area (Å²) in [7, 11) is 0. The molecule has 0 spiro atoms. The lowest BCUT2D eigenvalue weighted by molar-refractivity contribution is -0.123. The first-order valence-electron chi connectivity index (χ1n) is 12.6. The number of allylic oxidation sites excluding steroid dienone is 1. The Morgan fingerprint density at radius 2 is 1.15 bits per heavy atom. The van der Waals surface area contributed by atoms with Crippen molar-refractivity contribution in [1.29, 1.82) is 0 Å². The Morgan fingerprint density at radius 3 is 1.73 bits per heavy atom. The van der Waals surface area contributed by atoms with E-state index in [-0.39, 0.29) is 25.0 Å². The second-order valence-electron chi connectivity index (χ2n) is 9.37. The van der Waals surface area contributed by atoms with Crippen LogP contribution in [0.1, 0.15) is 22.3 Å².